The molecular weight excluding hydrogens is 254 g/mol. The number of hydrogen-bond donors (Lipinski definition) is 1. The third kappa shape index (κ3) is 2.08. The molecule has 15 heavy (non-hydrogen) atoms. The highest BCUT2D eigenvalue weighted by atomic mass is 79.9. The van der Waals surface area contributed by atoms with E-state index < -0.39 is 0 Å². The normalized spacial score (nSPS) is 13.3. The van der Waals surface area contributed by atoms with Gasteiger partial charge in [0.25, 0.3) is 0 Å². The summed E-state index contributed by atoms with van der Waals surface area (Å²) in [4.78, 5) is 0. The largest absolute Gasteiger partial charge is 0.393 e. The van der Waals surface area contributed by atoms with Crippen LogP contribution in [0.5, 0.6) is 0 Å². The molecule has 0 radical (unpaired) electrons. The average molecular weight is 268 g/mol. The van der Waals surface area contributed by atoms with E-state index in [1.807, 2.05) is 20.0 Å². The number of nitrogens with zero attached hydrogens (tertiary/aromatic N) is 1. The molecular formula is C12H14BrNO. The van der Waals surface area contributed by atoms with E-state index in [0.29, 0.717) is 6.42 Å². The SMILES string of the molecule is CC(O)Cc1cn(C)c2ccc(Br)cc12. The van der Waals surface area contributed by atoms with Crippen LogP contribution in [-0.2, 0) is 13.5 Å². The summed E-state index contributed by atoms with van der Waals surface area (Å²) in [6.45, 7) is 1.82. The van der Waals surface area contributed by atoms with Gasteiger partial charge in [-0.05, 0) is 30.7 Å². The fourth-order valence-electron chi connectivity index (χ4n) is 1.93. The first-order valence-corrected chi connectivity index (χ1v) is 5.79. The van der Waals surface area contributed by atoms with E-state index in [9.17, 15) is 5.11 Å². The number of benzene rings is 1. The third-order valence-corrected chi connectivity index (χ3v) is 3.04. The van der Waals surface area contributed by atoms with Crippen molar-refractivity contribution in [2.45, 2.75) is 19.4 Å². The molecule has 2 rings (SSSR count). The van der Waals surface area contributed by atoms with Crippen LogP contribution in [0.1, 0.15) is 12.5 Å². The van der Waals surface area contributed by atoms with Crippen molar-refractivity contribution in [3.05, 3.63) is 34.4 Å². The number of aromatic nitrogens is 1. The number of rotatable bonds is 2. The van der Waals surface area contributed by atoms with Gasteiger partial charge in [-0.15, -0.1) is 0 Å². The van der Waals surface area contributed by atoms with Crippen molar-refractivity contribution in [1.82, 2.24) is 4.57 Å². The Kier molecular flexibility index (Phi) is 2.85. The summed E-state index contributed by atoms with van der Waals surface area (Å²) in [7, 11) is 2.03. The zero-order valence-corrected chi connectivity index (χ0v) is 10.5. The summed E-state index contributed by atoms with van der Waals surface area (Å²) in [5.74, 6) is 0. The van der Waals surface area contributed by atoms with Crippen LogP contribution in [0, 0.1) is 0 Å². The minimum atomic E-state index is -0.297. The highest BCUT2D eigenvalue weighted by molar-refractivity contribution is 9.10. The number of halogens is 1. The molecule has 0 spiro atoms. The van der Waals surface area contributed by atoms with Crippen LogP contribution in [0.15, 0.2) is 28.9 Å². The zero-order valence-electron chi connectivity index (χ0n) is 8.87. The molecule has 3 heteroatoms. The van der Waals surface area contributed by atoms with Gasteiger partial charge >= 0.3 is 0 Å². The van der Waals surface area contributed by atoms with Crippen LogP contribution >= 0.6 is 15.9 Å². The second-order valence-corrected chi connectivity index (χ2v) is 4.90. The van der Waals surface area contributed by atoms with Crippen molar-refractivity contribution >= 4 is 26.8 Å². The summed E-state index contributed by atoms with van der Waals surface area (Å²) >= 11 is 3.47. The van der Waals surface area contributed by atoms with Crippen molar-refractivity contribution in [3.8, 4) is 0 Å². The first-order valence-electron chi connectivity index (χ1n) is 4.99. The van der Waals surface area contributed by atoms with Gasteiger partial charge in [0.1, 0.15) is 0 Å². The summed E-state index contributed by atoms with van der Waals surface area (Å²) in [6, 6.07) is 6.23. The van der Waals surface area contributed by atoms with Crippen molar-refractivity contribution in [2.75, 3.05) is 0 Å². The quantitative estimate of drug-likeness (QED) is 0.890. The first kappa shape index (κ1) is 10.7. The Balaban J connectivity index is 2.59. The fourth-order valence-corrected chi connectivity index (χ4v) is 2.29. The van der Waals surface area contributed by atoms with Gasteiger partial charge in [0.2, 0.25) is 0 Å². The van der Waals surface area contributed by atoms with E-state index in [2.05, 4.69) is 38.8 Å². The summed E-state index contributed by atoms with van der Waals surface area (Å²) in [5, 5.41) is 10.6. The molecule has 2 nitrogen and oxygen atoms in total. The fraction of sp³-hybridized carbons (Fsp3) is 0.333. The highest BCUT2D eigenvalue weighted by Gasteiger charge is 2.08. The molecule has 1 unspecified atom stereocenters. The van der Waals surface area contributed by atoms with Crippen LogP contribution in [-0.4, -0.2) is 15.8 Å². The predicted molar refractivity (Wildman–Crippen MR) is 66.0 cm³/mol. The number of fused-ring (bicyclic) bond motifs is 1. The lowest BCUT2D eigenvalue weighted by Gasteiger charge is -2.02. The van der Waals surface area contributed by atoms with Gasteiger partial charge in [-0.1, -0.05) is 15.9 Å². The van der Waals surface area contributed by atoms with Crippen molar-refractivity contribution in [1.29, 1.82) is 0 Å². The zero-order chi connectivity index (χ0) is 11.0. The molecule has 0 fully saturated rings. The lowest BCUT2D eigenvalue weighted by atomic mass is 10.1. The Morgan fingerprint density at radius 3 is 2.87 bits per heavy atom. The number of aliphatic hydroxyl groups excluding tert-OH is 1. The van der Waals surface area contributed by atoms with Gasteiger partial charge in [0.15, 0.2) is 0 Å². The lowest BCUT2D eigenvalue weighted by Crippen LogP contribution is -2.03. The number of aryl methyl sites for hydroxylation is 1. The smallest absolute Gasteiger partial charge is 0.0553 e. The predicted octanol–water partition coefficient (Wildman–Crippen LogP) is 2.86. The van der Waals surface area contributed by atoms with E-state index in [1.54, 1.807) is 0 Å². The summed E-state index contributed by atoms with van der Waals surface area (Å²) in [6.07, 6.45) is 2.49. The van der Waals surface area contributed by atoms with Crippen LogP contribution in [0.4, 0.5) is 0 Å². The lowest BCUT2D eigenvalue weighted by molar-refractivity contribution is 0.196. The molecule has 0 saturated heterocycles. The van der Waals surface area contributed by atoms with Gasteiger partial charge in [0, 0.05) is 35.0 Å². The minimum absolute atomic E-state index is 0.297. The maximum absolute atomic E-state index is 9.42. The topological polar surface area (TPSA) is 25.2 Å². The number of hydrogen-bond acceptors (Lipinski definition) is 1. The molecule has 0 amide bonds. The average Bonchev–Trinajstić information content (AvgIpc) is 2.42. The summed E-state index contributed by atoms with van der Waals surface area (Å²) in [5.41, 5.74) is 2.40. The van der Waals surface area contributed by atoms with Crippen LogP contribution in [0.3, 0.4) is 0 Å². The Morgan fingerprint density at radius 1 is 1.47 bits per heavy atom. The Bertz CT molecular complexity index is 488. The second kappa shape index (κ2) is 3.99. The van der Waals surface area contributed by atoms with Crippen LogP contribution < -0.4 is 0 Å². The summed E-state index contributed by atoms with van der Waals surface area (Å²) < 4.78 is 3.17. The Hall–Kier alpha value is -0.800. The van der Waals surface area contributed by atoms with E-state index in [4.69, 9.17) is 0 Å². The first-order chi connectivity index (χ1) is 7.08. The molecule has 0 saturated carbocycles. The number of aliphatic hydroxyl groups is 1. The molecule has 1 atom stereocenters. The van der Waals surface area contributed by atoms with Crippen molar-refractivity contribution in [2.24, 2.45) is 7.05 Å². The molecule has 80 valence electrons. The van der Waals surface area contributed by atoms with Gasteiger partial charge < -0.3 is 9.67 Å². The molecule has 1 aromatic heterocycles. The second-order valence-electron chi connectivity index (χ2n) is 3.98. The van der Waals surface area contributed by atoms with Crippen molar-refractivity contribution < 1.29 is 5.11 Å². The van der Waals surface area contributed by atoms with E-state index in [1.165, 1.54) is 16.5 Å². The molecule has 0 bridgehead atoms. The molecule has 1 N–H and O–H groups in total. The molecule has 0 aliphatic rings. The van der Waals surface area contributed by atoms with Crippen LogP contribution in [0.2, 0.25) is 0 Å². The monoisotopic (exact) mass is 267 g/mol. The van der Waals surface area contributed by atoms with Gasteiger partial charge in [-0.25, -0.2) is 0 Å². The standard InChI is InChI=1S/C12H14BrNO/c1-8(15)5-9-7-14(2)12-4-3-10(13)6-11(9)12/h3-4,6-8,15H,5H2,1-2H3. The van der Waals surface area contributed by atoms with E-state index >= 15 is 0 Å². The minimum Gasteiger partial charge on any atom is -0.393 e. The van der Waals surface area contributed by atoms with E-state index in [0.717, 1.165) is 4.47 Å². The molecule has 1 heterocycles. The Morgan fingerprint density at radius 2 is 2.20 bits per heavy atom. The molecule has 0 aliphatic heterocycles. The van der Waals surface area contributed by atoms with Gasteiger partial charge in [-0.2, -0.15) is 0 Å². The molecule has 0 aliphatic carbocycles. The highest BCUT2D eigenvalue weighted by Crippen LogP contribution is 2.25. The molecule has 1 aromatic carbocycles. The van der Waals surface area contributed by atoms with E-state index in [-0.39, 0.29) is 6.10 Å². The van der Waals surface area contributed by atoms with Crippen molar-refractivity contribution in [3.63, 3.8) is 0 Å². The van der Waals surface area contributed by atoms with Gasteiger partial charge in [0.05, 0.1) is 6.10 Å². The van der Waals surface area contributed by atoms with Gasteiger partial charge in [-0.3, -0.25) is 0 Å². The maximum atomic E-state index is 9.42. The third-order valence-electron chi connectivity index (χ3n) is 2.55. The molecule has 2 aromatic rings. The maximum Gasteiger partial charge on any atom is 0.0553 e. The Labute approximate surface area is 97.7 Å². The van der Waals surface area contributed by atoms with Crippen LogP contribution in [0.25, 0.3) is 10.9 Å².